The Labute approximate surface area is 79.0 Å². The van der Waals surface area contributed by atoms with Gasteiger partial charge in [0, 0.05) is 7.11 Å². The van der Waals surface area contributed by atoms with Crippen molar-refractivity contribution in [3.8, 4) is 0 Å². The first-order valence-corrected chi connectivity index (χ1v) is 3.42. The van der Waals surface area contributed by atoms with E-state index in [-0.39, 0.29) is 0 Å². The Morgan fingerprint density at radius 1 is 1.00 bits per heavy atom. The van der Waals surface area contributed by atoms with Crippen molar-refractivity contribution in [2.24, 2.45) is 0 Å². The maximum Gasteiger partial charge on any atom is 0.425 e. The molecular formula is C6H6F8O. The van der Waals surface area contributed by atoms with Crippen LogP contribution in [0.1, 0.15) is 0 Å². The molecule has 0 saturated carbocycles. The minimum absolute atomic E-state index is 0.574. The molecule has 0 heterocycles. The van der Waals surface area contributed by atoms with E-state index in [1.165, 1.54) is 0 Å². The molecule has 1 atom stereocenters. The highest BCUT2D eigenvalue weighted by molar-refractivity contribution is 4.94. The van der Waals surface area contributed by atoms with Crippen LogP contribution in [0.2, 0.25) is 0 Å². The van der Waals surface area contributed by atoms with Gasteiger partial charge in [0.2, 0.25) is 0 Å². The van der Waals surface area contributed by atoms with E-state index in [0.29, 0.717) is 7.11 Å². The van der Waals surface area contributed by atoms with Gasteiger partial charge in [-0.15, -0.1) is 0 Å². The van der Waals surface area contributed by atoms with E-state index < -0.39 is 30.8 Å². The van der Waals surface area contributed by atoms with Crippen LogP contribution in [0, 0.1) is 0 Å². The second kappa shape index (κ2) is 4.11. The predicted octanol–water partition coefficient (Wildman–Crippen LogP) is 2.80. The largest absolute Gasteiger partial charge is 0.425 e. The van der Waals surface area contributed by atoms with Crippen molar-refractivity contribution >= 4 is 0 Å². The van der Waals surface area contributed by atoms with E-state index in [2.05, 4.69) is 4.74 Å². The highest BCUT2D eigenvalue weighted by atomic mass is 19.4. The molecule has 0 aromatic heterocycles. The van der Waals surface area contributed by atoms with E-state index in [1.807, 2.05) is 0 Å². The highest BCUT2D eigenvalue weighted by Crippen LogP contribution is 2.44. The zero-order chi connectivity index (χ0) is 12.5. The van der Waals surface area contributed by atoms with E-state index >= 15 is 0 Å². The van der Waals surface area contributed by atoms with Crippen LogP contribution < -0.4 is 0 Å². The second-order valence-corrected chi connectivity index (χ2v) is 2.66. The molecule has 0 aliphatic rings. The fourth-order valence-corrected chi connectivity index (χ4v) is 0.668. The summed E-state index contributed by atoms with van der Waals surface area (Å²) in [6.07, 6.45) is -11.0. The van der Waals surface area contributed by atoms with Crippen molar-refractivity contribution in [2.75, 3.05) is 13.7 Å². The second-order valence-electron chi connectivity index (χ2n) is 2.66. The molecule has 0 aromatic carbocycles. The van der Waals surface area contributed by atoms with E-state index in [1.54, 1.807) is 0 Å². The van der Waals surface area contributed by atoms with Gasteiger partial charge in [0.25, 0.3) is 6.17 Å². The molecule has 0 saturated heterocycles. The first-order valence-electron chi connectivity index (χ1n) is 3.42. The summed E-state index contributed by atoms with van der Waals surface area (Å²) in [7, 11) is 0.574. The summed E-state index contributed by atoms with van der Waals surface area (Å²) < 4.78 is 99.6. The molecule has 0 aromatic rings. The van der Waals surface area contributed by atoms with Gasteiger partial charge < -0.3 is 4.74 Å². The Hall–Kier alpha value is -0.600. The number of ether oxygens (including phenoxy) is 1. The van der Waals surface area contributed by atoms with Crippen LogP contribution in [-0.4, -0.2) is 37.9 Å². The number of halogens is 8. The van der Waals surface area contributed by atoms with Crippen LogP contribution in [0.4, 0.5) is 35.1 Å². The lowest BCUT2D eigenvalue weighted by molar-refractivity contribution is -0.313. The third-order valence-corrected chi connectivity index (χ3v) is 1.42. The van der Waals surface area contributed by atoms with Gasteiger partial charge in [-0.3, -0.25) is 0 Å². The van der Waals surface area contributed by atoms with Crippen molar-refractivity contribution < 1.29 is 39.9 Å². The molecule has 0 aliphatic heterocycles. The summed E-state index contributed by atoms with van der Waals surface area (Å²) in [6.45, 7) is -2.00. The van der Waals surface area contributed by atoms with Crippen molar-refractivity contribution in [3.63, 3.8) is 0 Å². The fraction of sp³-hybridized carbons (Fsp3) is 1.00. The van der Waals surface area contributed by atoms with Gasteiger partial charge >= 0.3 is 18.0 Å². The van der Waals surface area contributed by atoms with Gasteiger partial charge in [-0.1, -0.05) is 0 Å². The first kappa shape index (κ1) is 14.4. The average molecular weight is 246 g/mol. The normalized spacial score (nSPS) is 16.6. The Morgan fingerprint density at radius 2 is 1.40 bits per heavy atom. The topological polar surface area (TPSA) is 9.23 Å². The molecule has 0 radical (unpaired) electrons. The van der Waals surface area contributed by atoms with Crippen LogP contribution in [0.25, 0.3) is 0 Å². The molecule has 9 heteroatoms. The minimum Gasteiger partial charge on any atom is -0.378 e. The maximum absolute atomic E-state index is 12.4. The third kappa shape index (κ3) is 2.93. The molecule has 15 heavy (non-hydrogen) atoms. The van der Waals surface area contributed by atoms with Gasteiger partial charge in [-0.05, 0) is 0 Å². The third-order valence-electron chi connectivity index (χ3n) is 1.42. The number of hydrogen-bond donors (Lipinski definition) is 0. The van der Waals surface area contributed by atoms with Crippen LogP contribution in [-0.2, 0) is 4.74 Å². The molecule has 1 nitrogen and oxygen atoms in total. The lowest BCUT2D eigenvalue weighted by atomic mass is 10.1. The average Bonchev–Trinajstić information content (AvgIpc) is 2.00. The smallest absolute Gasteiger partial charge is 0.378 e. The Morgan fingerprint density at radius 3 is 1.67 bits per heavy atom. The fourth-order valence-electron chi connectivity index (χ4n) is 0.668. The molecule has 0 bridgehead atoms. The predicted molar refractivity (Wildman–Crippen MR) is 32.7 cm³/mol. The van der Waals surface area contributed by atoms with Crippen molar-refractivity contribution in [1.82, 2.24) is 0 Å². The van der Waals surface area contributed by atoms with Crippen LogP contribution in [0.3, 0.4) is 0 Å². The van der Waals surface area contributed by atoms with Crippen LogP contribution in [0.5, 0.6) is 0 Å². The molecular weight excluding hydrogens is 240 g/mol. The molecule has 92 valence electrons. The maximum atomic E-state index is 12.4. The lowest BCUT2D eigenvalue weighted by Gasteiger charge is -2.29. The summed E-state index contributed by atoms with van der Waals surface area (Å²) in [6, 6.07) is 0. The van der Waals surface area contributed by atoms with Gasteiger partial charge in [0.05, 0.1) is 0 Å². The zero-order valence-electron chi connectivity index (χ0n) is 7.22. The number of alkyl halides is 8. The van der Waals surface area contributed by atoms with Gasteiger partial charge in [-0.25, -0.2) is 4.39 Å². The molecule has 0 N–H and O–H groups in total. The minimum atomic E-state index is -6.05. The molecule has 0 fully saturated rings. The van der Waals surface area contributed by atoms with E-state index in [4.69, 9.17) is 0 Å². The monoisotopic (exact) mass is 246 g/mol. The van der Waals surface area contributed by atoms with Crippen LogP contribution in [0.15, 0.2) is 0 Å². The molecule has 0 rings (SSSR count). The standard InChI is InChI=1S/C6H6F8O/c1-15-2-4(8,9)5(10,11)3(7)6(12,13)14/h3H,2H2,1H3. The van der Waals surface area contributed by atoms with Crippen molar-refractivity contribution in [3.05, 3.63) is 0 Å². The summed E-state index contributed by atoms with van der Waals surface area (Å²) >= 11 is 0. The summed E-state index contributed by atoms with van der Waals surface area (Å²) in [4.78, 5) is 0. The highest BCUT2D eigenvalue weighted by Gasteiger charge is 2.69. The zero-order valence-corrected chi connectivity index (χ0v) is 7.22. The number of hydrogen-bond acceptors (Lipinski definition) is 1. The van der Waals surface area contributed by atoms with Gasteiger partial charge in [0.1, 0.15) is 6.61 Å². The first-order chi connectivity index (χ1) is 6.47. The summed E-state index contributed by atoms with van der Waals surface area (Å²) in [5.41, 5.74) is 0. The van der Waals surface area contributed by atoms with E-state index in [9.17, 15) is 35.1 Å². The molecule has 0 amide bonds. The van der Waals surface area contributed by atoms with Gasteiger partial charge in [-0.2, -0.15) is 30.7 Å². The SMILES string of the molecule is COCC(F)(F)C(F)(F)C(F)C(F)(F)F. The summed E-state index contributed by atoms with van der Waals surface area (Å²) in [5, 5.41) is 0. The number of rotatable bonds is 4. The Bertz CT molecular complexity index is 210. The Kier molecular flexibility index (Phi) is 3.94. The lowest BCUT2D eigenvalue weighted by Crippen LogP contribution is -2.55. The Balaban J connectivity index is 4.95. The summed E-state index contributed by atoms with van der Waals surface area (Å²) in [5.74, 6) is -11.1. The number of methoxy groups -OCH3 is 1. The van der Waals surface area contributed by atoms with E-state index in [0.717, 1.165) is 0 Å². The molecule has 1 unspecified atom stereocenters. The molecule has 0 spiro atoms. The quantitative estimate of drug-likeness (QED) is 0.693. The molecule has 0 aliphatic carbocycles. The van der Waals surface area contributed by atoms with Crippen molar-refractivity contribution in [1.29, 1.82) is 0 Å². The van der Waals surface area contributed by atoms with Gasteiger partial charge in [0.15, 0.2) is 0 Å². The van der Waals surface area contributed by atoms with Crippen molar-refractivity contribution in [2.45, 2.75) is 24.2 Å². The van der Waals surface area contributed by atoms with Crippen LogP contribution >= 0.6 is 0 Å².